The first-order valence-electron chi connectivity index (χ1n) is 8.94. The molecule has 0 bridgehead atoms. The molecule has 6 nitrogen and oxygen atoms in total. The molecule has 1 aromatic carbocycles. The number of aromatic nitrogens is 2. The first-order chi connectivity index (χ1) is 13.1. The average Bonchev–Trinajstić information content (AvgIpc) is 3.39. The minimum absolute atomic E-state index is 0.383. The number of rotatable bonds is 7. The summed E-state index contributed by atoms with van der Waals surface area (Å²) < 4.78 is 1.82. The van der Waals surface area contributed by atoms with Crippen LogP contribution in [0, 0.1) is 0 Å². The number of thiophene rings is 1. The van der Waals surface area contributed by atoms with Gasteiger partial charge in [0.1, 0.15) is 5.60 Å². The SMILES string of the molecule is CCNC(=NCc1ccc(-n2cccn2)cc1)NCC(C)(O)c1ccsc1. The van der Waals surface area contributed by atoms with Crippen molar-refractivity contribution >= 4 is 17.3 Å². The van der Waals surface area contributed by atoms with Gasteiger partial charge >= 0.3 is 0 Å². The maximum absolute atomic E-state index is 10.7. The van der Waals surface area contributed by atoms with E-state index < -0.39 is 5.60 Å². The number of nitrogens with zero attached hydrogens (tertiary/aromatic N) is 3. The quantitative estimate of drug-likeness (QED) is 0.433. The van der Waals surface area contributed by atoms with Gasteiger partial charge in [0.2, 0.25) is 0 Å². The van der Waals surface area contributed by atoms with Crippen LogP contribution in [-0.2, 0) is 12.1 Å². The smallest absolute Gasteiger partial charge is 0.191 e. The summed E-state index contributed by atoms with van der Waals surface area (Å²) in [4.78, 5) is 4.62. The molecule has 3 rings (SSSR count). The maximum Gasteiger partial charge on any atom is 0.191 e. The Morgan fingerprint density at radius 3 is 2.70 bits per heavy atom. The fourth-order valence-electron chi connectivity index (χ4n) is 2.62. The summed E-state index contributed by atoms with van der Waals surface area (Å²) in [7, 11) is 0. The molecule has 7 heteroatoms. The molecule has 0 aliphatic rings. The highest BCUT2D eigenvalue weighted by Crippen LogP contribution is 2.21. The van der Waals surface area contributed by atoms with Crippen molar-refractivity contribution in [3.63, 3.8) is 0 Å². The van der Waals surface area contributed by atoms with Gasteiger partial charge in [-0.3, -0.25) is 0 Å². The van der Waals surface area contributed by atoms with Crippen LogP contribution in [0.3, 0.4) is 0 Å². The first kappa shape index (κ1) is 19.1. The summed E-state index contributed by atoms with van der Waals surface area (Å²) in [5.74, 6) is 0.684. The molecule has 3 N–H and O–H groups in total. The molecule has 1 unspecified atom stereocenters. The lowest BCUT2D eigenvalue weighted by Gasteiger charge is -2.24. The molecule has 142 valence electrons. The highest BCUT2D eigenvalue weighted by Gasteiger charge is 2.23. The van der Waals surface area contributed by atoms with E-state index in [2.05, 4.69) is 20.7 Å². The van der Waals surface area contributed by atoms with Gasteiger partial charge in [-0.2, -0.15) is 16.4 Å². The summed E-state index contributed by atoms with van der Waals surface area (Å²) in [5, 5.41) is 25.3. The number of hydrogen-bond acceptors (Lipinski definition) is 4. The Balaban J connectivity index is 1.61. The van der Waals surface area contributed by atoms with Gasteiger partial charge in [-0.15, -0.1) is 0 Å². The zero-order valence-electron chi connectivity index (χ0n) is 15.6. The number of aliphatic imine (C=N–C) groups is 1. The Morgan fingerprint density at radius 1 is 1.26 bits per heavy atom. The lowest BCUT2D eigenvalue weighted by Crippen LogP contribution is -2.44. The van der Waals surface area contributed by atoms with Crippen LogP contribution in [0.1, 0.15) is 25.0 Å². The minimum Gasteiger partial charge on any atom is -0.384 e. The van der Waals surface area contributed by atoms with E-state index in [1.807, 2.05) is 65.0 Å². The molecule has 0 aliphatic heterocycles. The van der Waals surface area contributed by atoms with Gasteiger partial charge in [0.05, 0.1) is 18.8 Å². The average molecular weight is 384 g/mol. The molecule has 27 heavy (non-hydrogen) atoms. The van der Waals surface area contributed by atoms with E-state index in [1.54, 1.807) is 24.5 Å². The Labute approximate surface area is 163 Å². The van der Waals surface area contributed by atoms with E-state index in [9.17, 15) is 5.11 Å². The summed E-state index contributed by atoms with van der Waals surface area (Å²) >= 11 is 1.58. The van der Waals surface area contributed by atoms with Crippen LogP contribution in [0.25, 0.3) is 5.69 Å². The lowest BCUT2D eigenvalue weighted by molar-refractivity contribution is 0.0621. The molecule has 0 aliphatic carbocycles. The highest BCUT2D eigenvalue weighted by molar-refractivity contribution is 7.08. The van der Waals surface area contributed by atoms with Crippen molar-refractivity contribution in [2.45, 2.75) is 26.0 Å². The second-order valence-corrected chi connectivity index (χ2v) is 7.23. The van der Waals surface area contributed by atoms with Crippen molar-refractivity contribution in [3.8, 4) is 5.69 Å². The summed E-state index contributed by atoms with van der Waals surface area (Å²) in [6.07, 6.45) is 3.68. The molecule has 1 atom stereocenters. The third-order valence-corrected chi connectivity index (χ3v) is 4.90. The van der Waals surface area contributed by atoms with Crippen molar-refractivity contribution in [3.05, 3.63) is 70.7 Å². The second kappa shape index (κ2) is 8.83. The molecule has 0 saturated carbocycles. The number of guanidine groups is 1. The second-order valence-electron chi connectivity index (χ2n) is 6.45. The molecular formula is C20H25N5OS. The molecular weight excluding hydrogens is 358 g/mol. The highest BCUT2D eigenvalue weighted by atomic mass is 32.1. The lowest BCUT2D eigenvalue weighted by atomic mass is 9.99. The van der Waals surface area contributed by atoms with Gasteiger partial charge in [0.15, 0.2) is 5.96 Å². The topological polar surface area (TPSA) is 74.5 Å². The van der Waals surface area contributed by atoms with Gasteiger partial charge in [-0.05, 0) is 60.0 Å². The van der Waals surface area contributed by atoms with Gasteiger partial charge in [-0.25, -0.2) is 9.67 Å². The van der Waals surface area contributed by atoms with Gasteiger partial charge in [0.25, 0.3) is 0 Å². The predicted molar refractivity (Wildman–Crippen MR) is 110 cm³/mol. The third-order valence-electron chi connectivity index (χ3n) is 4.21. The minimum atomic E-state index is -0.943. The fourth-order valence-corrected chi connectivity index (χ4v) is 3.40. The molecule has 0 spiro atoms. The molecule has 3 aromatic rings. The predicted octanol–water partition coefficient (Wildman–Crippen LogP) is 2.90. The maximum atomic E-state index is 10.7. The molecule has 0 radical (unpaired) electrons. The molecule has 0 saturated heterocycles. The Kier molecular flexibility index (Phi) is 6.26. The molecule has 2 heterocycles. The number of aliphatic hydroxyl groups is 1. The summed E-state index contributed by atoms with van der Waals surface area (Å²) in [6.45, 7) is 5.51. The van der Waals surface area contributed by atoms with E-state index in [0.717, 1.165) is 23.4 Å². The van der Waals surface area contributed by atoms with Gasteiger partial charge in [0, 0.05) is 18.9 Å². The standard InChI is InChI=1S/C20H25N5OS/c1-3-21-19(23-15-20(2,26)17-9-12-27-14-17)22-13-16-5-7-18(8-6-16)25-11-4-10-24-25/h4-12,14,26H,3,13,15H2,1-2H3,(H2,21,22,23). The van der Waals surface area contributed by atoms with Crippen LogP contribution in [0.15, 0.2) is 64.5 Å². The molecule has 2 aromatic heterocycles. The van der Waals surface area contributed by atoms with Crippen molar-refractivity contribution in [1.82, 2.24) is 20.4 Å². The fraction of sp³-hybridized carbons (Fsp3) is 0.300. The Hall–Kier alpha value is -2.64. The van der Waals surface area contributed by atoms with E-state index in [1.165, 1.54) is 0 Å². The number of hydrogen-bond donors (Lipinski definition) is 3. The van der Waals surface area contributed by atoms with Crippen molar-refractivity contribution in [2.24, 2.45) is 4.99 Å². The summed E-state index contributed by atoms with van der Waals surface area (Å²) in [6, 6.07) is 12.0. The number of benzene rings is 1. The van der Waals surface area contributed by atoms with Crippen LogP contribution in [0.4, 0.5) is 0 Å². The number of nitrogens with one attached hydrogen (secondary N) is 2. The van der Waals surface area contributed by atoms with Crippen LogP contribution in [0.2, 0.25) is 0 Å². The van der Waals surface area contributed by atoms with Crippen LogP contribution in [0.5, 0.6) is 0 Å². The monoisotopic (exact) mass is 383 g/mol. The van der Waals surface area contributed by atoms with E-state index >= 15 is 0 Å². The third kappa shape index (κ3) is 5.18. The Morgan fingerprint density at radius 2 is 2.07 bits per heavy atom. The first-order valence-corrected chi connectivity index (χ1v) is 9.89. The van der Waals surface area contributed by atoms with Crippen LogP contribution >= 0.6 is 11.3 Å². The van der Waals surface area contributed by atoms with Crippen molar-refractivity contribution in [1.29, 1.82) is 0 Å². The molecule has 0 fully saturated rings. The van der Waals surface area contributed by atoms with E-state index in [0.29, 0.717) is 19.0 Å². The zero-order chi connectivity index (χ0) is 19.1. The van der Waals surface area contributed by atoms with E-state index in [4.69, 9.17) is 0 Å². The van der Waals surface area contributed by atoms with Crippen LogP contribution < -0.4 is 10.6 Å². The zero-order valence-corrected chi connectivity index (χ0v) is 16.4. The van der Waals surface area contributed by atoms with Crippen LogP contribution in [-0.4, -0.2) is 33.9 Å². The largest absolute Gasteiger partial charge is 0.384 e. The van der Waals surface area contributed by atoms with Crippen molar-refractivity contribution < 1.29 is 5.11 Å². The van der Waals surface area contributed by atoms with E-state index in [-0.39, 0.29) is 0 Å². The van der Waals surface area contributed by atoms with Gasteiger partial charge in [-0.1, -0.05) is 12.1 Å². The Bertz CT molecular complexity index is 839. The normalized spacial score (nSPS) is 14.0. The van der Waals surface area contributed by atoms with Gasteiger partial charge < -0.3 is 15.7 Å². The van der Waals surface area contributed by atoms with Crippen molar-refractivity contribution in [2.75, 3.05) is 13.1 Å². The molecule has 0 amide bonds. The summed E-state index contributed by atoms with van der Waals surface area (Å²) in [5.41, 5.74) is 2.09.